The van der Waals surface area contributed by atoms with Crippen molar-refractivity contribution in [1.82, 2.24) is 0 Å². The van der Waals surface area contributed by atoms with Crippen molar-refractivity contribution in [2.45, 2.75) is 29.6 Å². The first-order chi connectivity index (χ1) is 14.0. The zero-order valence-corrected chi connectivity index (χ0v) is 16.3. The fourth-order valence-corrected chi connectivity index (χ4v) is 3.99. The number of para-hydroxylation sites is 1. The van der Waals surface area contributed by atoms with Crippen LogP contribution < -0.4 is 20.1 Å². The van der Waals surface area contributed by atoms with E-state index in [2.05, 4.69) is 10.6 Å². The number of rotatable bonds is 5. The van der Waals surface area contributed by atoms with Crippen molar-refractivity contribution < 1.29 is 28.6 Å². The molecule has 0 radical (unpaired) electrons. The summed E-state index contributed by atoms with van der Waals surface area (Å²) in [5.41, 5.74) is 1.23. The Kier molecular flexibility index (Phi) is 5.30. The first-order valence-corrected chi connectivity index (χ1v) is 9.84. The number of hydrogen-bond donors (Lipinski definition) is 2. The van der Waals surface area contributed by atoms with Crippen LogP contribution in [0.2, 0.25) is 0 Å². The molecule has 4 rings (SSSR count). The van der Waals surface area contributed by atoms with E-state index in [0.717, 1.165) is 10.6 Å². The van der Waals surface area contributed by atoms with Gasteiger partial charge in [-0.05, 0) is 31.2 Å². The van der Waals surface area contributed by atoms with Crippen molar-refractivity contribution in [2.75, 3.05) is 17.4 Å². The van der Waals surface area contributed by atoms with Crippen LogP contribution in [0.3, 0.4) is 0 Å². The second-order valence-electron chi connectivity index (χ2n) is 6.49. The number of thioether (sulfide) groups is 1. The van der Waals surface area contributed by atoms with E-state index in [-0.39, 0.29) is 19.1 Å². The molecule has 150 valence electrons. The maximum absolute atomic E-state index is 12.3. The number of anilines is 2. The van der Waals surface area contributed by atoms with Gasteiger partial charge in [0.2, 0.25) is 12.7 Å². The first-order valence-electron chi connectivity index (χ1n) is 8.96. The van der Waals surface area contributed by atoms with Crippen molar-refractivity contribution in [3.05, 3.63) is 42.5 Å². The Labute approximate surface area is 170 Å². The predicted molar refractivity (Wildman–Crippen MR) is 106 cm³/mol. The van der Waals surface area contributed by atoms with E-state index in [1.807, 2.05) is 18.2 Å². The minimum Gasteiger partial charge on any atom is -0.454 e. The van der Waals surface area contributed by atoms with Gasteiger partial charge >= 0.3 is 5.97 Å². The smallest absolute Gasteiger partial charge is 0.308 e. The van der Waals surface area contributed by atoms with Crippen molar-refractivity contribution in [3.63, 3.8) is 0 Å². The summed E-state index contributed by atoms with van der Waals surface area (Å²) in [6.07, 6.45) is -1.15. The number of fused-ring (bicyclic) bond motifs is 2. The Morgan fingerprint density at radius 3 is 2.90 bits per heavy atom. The monoisotopic (exact) mass is 414 g/mol. The first kappa shape index (κ1) is 19.1. The summed E-state index contributed by atoms with van der Waals surface area (Å²) < 4.78 is 15.7. The Hall–Kier alpha value is -3.20. The van der Waals surface area contributed by atoms with Gasteiger partial charge in [0.15, 0.2) is 17.6 Å². The fourth-order valence-electron chi connectivity index (χ4n) is 2.90. The molecule has 29 heavy (non-hydrogen) atoms. The molecule has 0 unspecified atom stereocenters. The van der Waals surface area contributed by atoms with Crippen molar-refractivity contribution in [2.24, 2.45) is 0 Å². The van der Waals surface area contributed by atoms with E-state index < -0.39 is 23.2 Å². The van der Waals surface area contributed by atoms with E-state index in [1.165, 1.54) is 18.7 Å². The Morgan fingerprint density at radius 2 is 2.03 bits per heavy atom. The molecule has 0 saturated carbocycles. The fraction of sp³-hybridized carbons (Fsp3) is 0.250. The van der Waals surface area contributed by atoms with Crippen LogP contribution in [0.4, 0.5) is 11.4 Å². The predicted octanol–water partition coefficient (Wildman–Crippen LogP) is 2.79. The summed E-state index contributed by atoms with van der Waals surface area (Å²) in [4.78, 5) is 37.7. The minimum absolute atomic E-state index is 0.132. The summed E-state index contributed by atoms with van der Waals surface area (Å²) in [6.45, 7) is 1.61. The molecule has 2 aliphatic heterocycles. The number of carbonyl (C=O) groups is 3. The summed E-state index contributed by atoms with van der Waals surface area (Å²) in [5, 5.41) is 4.83. The van der Waals surface area contributed by atoms with Gasteiger partial charge in [-0.1, -0.05) is 12.1 Å². The molecular formula is C20H18N2O6S. The van der Waals surface area contributed by atoms with Crippen LogP contribution in [0.25, 0.3) is 0 Å². The highest BCUT2D eigenvalue weighted by Crippen LogP contribution is 2.37. The lowest BCUT2D eigenvalue weighted by molar-refractivity contribution is -0.153. The van der Waals surface area contributed by atoms with Gasteiger partial charge in [0.1, 0.15) is 0 Å². The van der Waals surface area contributed by atoms with E-state index in [9.17, 15) is 14.4 Å². The van der Waals surface area contributed by atoms with Crippen LogP contribution in [0.1, 0.15) is 13.3 Å². The molecule has 2 aliphatic rings. The summed E-state index contributed by atoms with van der Waals surface area (Å²) in [7, 11) is 0. The van der Waals surface area contributed by atoms with Gasteiger partial charge in [-0.15, -0.1) is 11.8 Å². The number of benzene rings is 2. The largest absolute Gasteiger partial charge is 0.454 e. The molecular weight excluding hydrogens is 396 g/mol. The highest BCUT2D eigenvalue weighted by molar-refractivity contribution is 8.01. The molecule has 2 aromatic carbocycles. The normalized spacial score (nSPS) is 17.7. The molecule has 0 aliphatic carbocycles. The lowest BCUT2D eigenvalue weighted by Crippen LogP contribution is -2.34. The average molecular weight is 414 g/mol. The molecule has 0 fully saturated rings. The van der Waals surface area contributed by atoms with Crippen LogP contribution in [0.5, 0.6) is 11.5 Å². The summed E-state index contributed by atoms with van der Waals surface area (Å²) in [6, 6.07) is 12.4. The number of carbonyl (C=O) groups excluding carboxylic acids is 3. The molecule has 0 spiro atoms. The van der Waals surface area contributed by atoms with Crippen LogP contribution in [0.15, 0.2) is 47.4 Å². The lowest BCUT2D eigenvalue weighted by Gasteiger charge is -2.23. The number of esters is 1. The maximum atomic E-state index is 12.3. The third-order valence-electron chi connectivity index (χ3n) is 4.38. The molecule has 2 amide bonds. The van der Waals surface area contributed by atoms with Gasteiger partial charge in [0, 0.05) is 16.6 Å². The quantitative estimate of drug-likeness (QED) is 0.725. The summed E-state index contributed by atoms with van der Waals surface area (Å²) in [5.74, 6) is -0.225. The van der Waals surface area contributed by atoms with Crippen LogP contribution in [0, 0.1) is 0 Å². The van der Waals surface area contributed by atoms with Crippen molar-refractivity contribution in [3.8, 4) is 11.5 Å². The SMILES string of the molecule is C[C@H](OC(=O)C[C@H]1Sc2ccccc2NC1=O)C(=O)Nc1ccc2c(c1)OCO2. The Bertz CT molecular complexity index is 979. The molecule has 9 heteroatoms. The number of nitrogens with one attached hydrogen (secondary N) is 2. The van der Waals surface area contributed by atoms with E-state index in [4.69, 9.17) is 14.2 Å². The van der Waals surface area contributed by atoms with Crippen molar-refractivity contribution in [1.29, 1.82) is 0 Å². The van der Waals surface area contributed by atoms with E-state index >= 15 is 0 Å². The van der Waals surface area contributed by atoms with Gasteiger partial charge in [0.25, 0.3) is 5.91 Å². The van der Waals surface area contributed by atoms with Gasteiger partial charge in [-0.3, -0.25) is 14.4 Å². The third kappa shape index (κ3) is 4.29. The maximum Gasteiger partial charge on any atom is 0.308 e. The third-order valence-corrected chi connectivity index (χ3v) is 5.65. The second-order valence-corrected chi connectivity index (χ2v) is 7.73. The Morgan fingerprint density at radius 1 is 1.24 bits per heavy atom. The topological polar surface area (TPSA) is 103 Å². The standard InChI is InChI=1S/C20H18N2O6S/c1-11(19(24)21-12-6-7-14-15(8-12)27-10-26-14)28-18(23)9-17-20(25)22-13-4-2-3-5-16(13)29-17/h2-8,11,17H,9-10H2,1H3,(H,21,24)(H,22,25)/t11-,17+/m0/s1. The number of hydrogen-bond acceptors (Lipinski definition) is 7. The van der Waals surface area contributed by atoms with Gasteiger partial charge in [0.05, 0.1) is 17.4 Å². The van der Waals surface area contributed by atoms with Crippen molar-refractivity contribution >= 4 is 40.9 Å². The highest BCUT2D eigenvalue weighted by Gasteiger charge is 2.30. The van der Waals surface area contributed by atoms with E-state index in [1.54, 1.807) is 24.3 Å². The Balaban J connectivity index is 1.31. The second kappa shape index (κ2) is 8.04. The molecule has 2 atom stereocenters. The lowest BCUT2D eigenvalue weighted by atomic mass is 10.2. The molecule has 2 heterocycles. The summed E-state index contributed by atoms with van der Waals surface area (Å²) >= 11 is 1.30. The molecule has 2 aromatic rings. The molecule has 0 bridgehead atoms. The molecule has 0 aromatic heterocycles. The van der Waals surface area contributed by atoms with Gasteiger partial charge < -0.3 is 24.8 Å². The van der Waals surface area contributed by atoms with Gasteiger partial charge in [-0.25, -0.2) is 0 Å². The van der Waals surface area contributed by atoms with Crippen LogP contribution in [-0.4, -0.2) is 35.9 Å². The molecule has 2 N–H and O–H groups in total. The molecule has 0 saturated heterocycles. The zero-order valence-electron chi connectivity index (χ0n) is 15.5. The van der Waals surface area contributed by atoms with E-state index in [0.29, 0.717) is 17.2 Å². The number of ether oxygens (including phenoxy) is 3. The minimum atomic E-state index is -1.02. The van der Waals surface area contributed by atoms with Gasteiger partial charge in [-0.2, -0.15) is 0 Å². The molecule has 8 nitrogen and oxygen atoms in total. The number of amides is 2. The zero-order chi connectivity index (χ0) is 20.4. The highest BCUT2D eigenvalue weighted by atomic mass is 32.2. The van der Waals surface area contributed by atoms with Crippen LogP contribution in [-0.2, 0) is 19.1 Å². The average Bonchev–Trinajstić information content (AvgIpc) is 3.16. The van der Waals surface area contributed by atoms with Crippen LogP contribution >= 0.6 is 11.8 Å².